The molecule has 0 fully saturated rings. The molecule has 0 amide bonds. The van der Waals surface area contributed by atoms with E-state index in [9.17, 15) is 44.1 Å². The van der Waals surface area contributed by atoms with E-state index in [1.807, 2.05) is 0 Å². The monoisotopic (exact) mass is 512 g/mol. The van der Waals surface area contributed by atoms with E-state index >= 15 is 0 Å². The molecule has 0 atom stereocenters. The van der Waals surface area contributed by atoms with Gasteiger partial charge in [-0.3, -0.25) is 9.59 Å². The van der Waals surface area contributed by atoms with E-state index in [1.165, 1.54) is 0 Å². The Morgan fingerprint density at radius 3 is 0.970 bits per heavy atom. The molecule has 33 heavy (non-hydrogen) atoms. The van der Waals surface area contributed by atoms with Crippen molar-refractivity contribution < 1.29 is 173 Å². The molecule has 0 aromatic rings. The van der Waals surface area contributed by atoms with Crippen LogP contribution in [0.15, 0.2) is 0 Å². The van der Waals surface area contributed by atoms with Crippen molar-refractivity contribution in [2.45, 2.75) is 36.9 Å². The predicted molar refractivity (Wildman–Crippen MR) is 78.7 cm³/mol. The minimum atomic E-state index is -2.97. The van der Waals surface area contributed by atoms with Crippen LogP contribution in [0.1, 0.15) is 25.7 Å². The maximum absolute atomic E-state index is 10.3. The summed E-state index contributed by atoms with van der Waals surface area (Å²) < 4.78 is 0. The molecular weight excluding hydrogens is 496 g/mol. The third kappa shape index (κ3) is 27.8. The molecule has 0 spiro atoms. The van der Waals surface area contributed by atoms with Crippen LogP contribution in [-0.4, -0.2) is 94.9 Å². The van der Waals surface area contributed by atoms with Crippen molar-refractivity contribution in [3.8, 4) is 0 Å². The van der Waals surface area contributed by atoms with Crippen LogP contribution in [0.25, 0.3) is 0 Å². The van der Waals surface area contributed by atoms with Gasteiger partial charge >= 0.3 is 114 Å². The first-order valence-corrected chi connectivity index (χ1v) is 7.06. The molecule has 0 rings (SSSR count). The number of aliphatic carboxylic acids is 6. The van der Waals surface area contributed by atoms with E-state index in [4.69, 9.17) is 40.6 Å². The summed E-state index contributed by atoms with van der Waals surface area (Å²) in [5.41, 5.74) is -5.71. The second-order valence-corrected chi connectivity index (χ2v) is 5.24. The molecule has 0 radical (unpaired) electrons. The Labute approximate surface area is 251 Å². The second-order valence-electron chi connectivity index (χ2n) is 5.24. The number of hydrogen-bond donors (Lipinski definition) is 8. The smallest absolute Gasteiger partial charge is 0.550 e. The second kappa shape index (κ2) is 22.2. The SMILES string of the molecule is O=C(O)CC(O)(CC(=O)O)C(=O)O.O=C([O-])CC(O)(CC(=O)[O-])C(=O)[O-].OB(O)O.[Na+].[Na+].[Na+]. The number of carboxylic acid groups (broad SMARTS) is 6. The van der Waals surface area contributed by atoms with Gasteiger partial charge in [-0.05, 0) is 0 Å². The number of carboxylic acids is 6. The molecule has 172 valence electrons. The summed E-state index contributed by atoms with van der Waals surface area (Å²) in [6.45, 7) is 0. The zero-order valence-electron chi connectivity index (χ0n) is 17.7. The van der Waals surface area contributed by atoms with Gasteiger partial charge in [0.2, 0.25) is 0 Å². The van der Waals surface area contributed by atoms with Gasteiger partial charge in [-0.1, -0.05) is 0 Å². The zero-order valence-corrected chi connectivity index (χ0v) is 23.7. The maximum atomic E-state index is 10.3. The van der Waals surface area contributed by atoms with Gasteiger partial charge in [0.1, 0.15) is 5.60 Å². The van der Waals surface area contributed by atoms with Crippen molar-refractivity contribution in [3.05, 3.63) is 0 Å². The molecular formula is C12H16BNa3O17. The number of carbonyl (C=O) groups excluding carboxylic acids is 3. The molecule has 8 N–H and O–H groups in total. The molecule has 0 aliphatic carbocycles. The first-order valence-electron chi connectivity index (χ1n) is 7.06. The number of carbonyl (C=O) groups is 6. The van der Waals surface area contributed by atoms with Gasteiger partial charge in [0, 0.05) is 24.8 Å². The molecule has 0 aliphatic rings. The van der Waals surface area contributed by atoms with E-state index in [0.717, 1.165) is 0 Å². The number of hydrogen-bond acceptors (Lipinski definition) is 14. The summed E-state index contributed by atoms with van der Waals surface area (Å²) in [6, 6.07) is 0. The van der Waals surface area contributed by atoms with Crippen LogP contribution in [0.3, 0.4) is 0 Å². The average molecular weight is 512 g/mol. The Hall–Kier alpha value is -0.315. The number of rotatable bonds is 10. The summed E-state index contributed by atoms with van der Waals surface area (Å²) in [4.78, 5) is 60.5. The first kappa shape index (κ1) is 46.1. The van der Waals surface area contributed by atoms with Crippen molar-refractivity contribution in [3.63, 3.8) is 0 Å². The van der Waals surface area contributed by atoms with Crippen molar-refractivity contribution >= 4 is 43.1 Å². The summed E-state index contributed by atoms with van der Waals surface area (Å²) >= 11 is 0. The van der Waals surface area contributed by atoms with Gasteiger partial charge in [-0.15, -0.1) is 0 Å². The van der Waals surface area contributed by atoms with Gasteiger partial charge in [0.15, 0.2) is 5.60 Å². The molecule has 0 heterocycles. The molecule has 21 heteroatoms. The Morgan fingerprint density at radius 2 is 0.848 bits per heavy atom. The Morgan fingerprint density at radius 1 is 0.606 bits per heavy atom. The quantitative estimate of drug-likeness (QED) is 0.126. The molecule has 0 aromatic heterocycles. The van der Waals surface area contributed by atoms with Crippen LogP contribution in [0.5, 0.6) is 0 Å². The van der Waals surface area contributed by atoms with Gasteiger partial charge < -0.3 is 70.3 Å². The Kier molecular flexibility index (Phi) is 31.0. The van der Waals surface area contributed by atoms with Crippen LogP contribution in [0, 0.1) is 0 Å². The van der Waals surface area contributed by atoms with Gasteiger partial charge in [-0.25, -0.2) is 4.79 Å². The van der Waals surface area contributed by atoms with E-state index in [2.05, 4.69) is 0 Å². The molecule has 0 aliphatic heterocycles. The van der Waals surface area contributed by atoms with Crippen molar-refractivity contribution in [2.75, 3.05) is 0 Å². The van der Waals surface area contributed by atoms with Crippen molar-refractivity contribution in [1.82, 2.24) is 0 Å². The molecule has 17 nitrogen and oxygen atoms in total. The Balaban J connectivity index is -0.0000000880. The zero-order chi connectivity index (χ0) is 24.9. The minimum Gasteiger partial charge on any atom is -0.550 e. The van der Waals surface area contributed by atoms with E-state index in [-0.39, 0.29) is 88.7 Å². The minimum absolute atomic E-state index is 0. The topological polar surface area (TPSA) is 333 Å². The van der Waals surface area contributed by atoms with Crippen LogP contribution in [0.2, 0.25) is 0 Å². The third-order valence-electron chi connectivity index (χ3n) is 2.54. The molecule has 0 saturated carbocycles. The normalized spacial score (nSPS) is 9.36. The molecule has 0 unspecified atom stereocenters. The fourth-order valence-electron chi connectivity index (χ4n) is 1.40. The summed E-state index contributed by atoms with van der Waals surface area (Å²) in [5, 5.41) is 94.2. The molecule has 0 saturated heterocycles. The molecule has 0 aromatic carbocycles. The average Bonchev–Trinajstić information content (AvgIpc) is 2.43. The predicted octanol–water partition coefficient (Wildman–Crippen LogP) is -17.5. The van der Waals surface area contributed by atoms with Gasteiger partial charge in [0.25, 0.3) is 0 Å². The standard InChI is InChI=1S/2C6H8O7.BH3O3.3Na/c2*7-3(8)1-6(13,5(11)12)2-4(9)10;2-1(3)4;;;/h2*13H,1-2H2,(H,7,8)(H,9,10)(H,11,12);2-4H;;;/q;;;3*+1/p-3. The third-order valence-corrected chi connectivity index (χ3v) is 2.54. The van der Waals surface area contributed by atoms with Gasteiger partial charge in [0.05, 0.1) is 18.8 Å². The van der Waals surface area contributed by atoms with Crippen LogP contribution < -0.4 is 104 Å². The van der Waals surface area contributed by atoms with Crippen LogP contribution >= 0.6 is 0 Å². The summed E-state index contributed by atoms with van der Waals surface area (Å²) in [7, 11) is -2.17. The summed E-state index contributed by atoms with van der Waals surface area (Å²) in [6.07, 6.45) is -5.00. The van der Waals surface area contributed by atoms with E-state index in [1.54, 1.807) is 0 Å². The fraction of sp³-hybridized carbons (Fsp3) is 0.500. The van der Waals surface area contributed by atoms with Crippen molar-refractivity contribution in [2.24, 2.45) is 0 Å². The van der Waals surface area contributed by atoms with Crippen LogP contribution in [0.4, 0.5) is 0 Å². The van der Waals surface area contributed by atoms with Gasteiger partial charge in [-0.2, -0.15) is 0 Å². The Bertz CT molecular complexity index is 568. The largest absolute Gasteiger partial charge is 1.00 e. The maximum Gasteiger partial charge on any atom is 1.00 e. The fourth-order valence-corrected chi connectivity index (χ4v) is 1.40. The first-order chi connectivity index (χ1) is 13.3. The van der Waals surface area contributed by atoms with Crippen LogP contribution in [-0.2, 0) is 28.8 Å². The number of aliphatic hydroxyl groups is 2. The molecule has 0 bridgehead atoms. The van der Waals surface area contributed by atoms with E-state index in [0.29, 0.717) is 0 Å². The van der Waals surface area contributed by atoms with E-state index < -0.39 is 80.0 Å². The van der Waals surface area contributed by atoms with Crippen molar-refractivity contribution in [1.29, 1.82) is 0 Å². The summed E-state index contributed by atoms with van der Waals surface area (Å²) in [5.74, 6) is -11.0.